The molecule has 0 N–H and O–H groups in total. The maximum Gasteiger partial charge on any atom is 0.416 e. The molecule has 2 bridgehead atoms. The van der Waals surface area contributed by atoms with Crippen molar-refractivity contribution in [2.24, 2.45) is 0 Å². The molecule has 0 radical (unpaired) electrons. The van der Waals surface area contributed by atoms with Crippen molar-refractivity contribution < 1.29 is 27.1 Å². The second-order valence-corrected chi connectivity index (χ2v) is 11.3. The molecule has 2 aliphatic heterocycles. The van der Waals surface area contributed by atoms with Gasteiger partial charge in [-0.05, 0) is 60.9 Å². The number of hydrogen-bond acceptors (Lipinski definition) is 5. The average molecular weight is 573 g/mol. The van der Waals surface area contributed by atoms with Crippen molar-refractivity contribution in [3.8, 4) is 5.75 Å². The fourth-order valence-corrected chi connectivity index (χ4v) is 6.43. The van der Waals surface area contributed by atoms with Crippen LogP contribution in [0.2, 0.25) is 5.02 Å². The van der Waals surface area contributed by atoms with Crippen LogP contribution in [-0.4, -0.2) is 34.0 Å². The molecule has 1 aromatic heterocycles. The summed E-state index contributed by atoms with van der Waals surface area (Å²) in [6.45, 7) is 0. The molecule has 6 rings (SSSR count). The van der Waals surface area contributed by atoms with Crippen molar-refractivity contribution in [2.45, 2.75) is 61.0 Å². The number of amides is 1. The number of aromatic nitrogens is 1. The van der Waals surface area contributed by atoms with Crippen molar-refractivity contribution in [1.82, 2.24) is 9.88 Å². The van der Waals surface area contributed by atoms with Crippen LogP contribution in [0.3, 0.4) is 0 Å². The third kappa shape index (κ3) is 5.61. The van der Waals surface area contributed by atoms with E-state index in [1.807, 2.05) is 35.2 Å². The molecule has 2 atom stereocenters. The van der Waals surface area contributed by atoms with Gasteiger partial charge in [-0.15, -0.1) is 0 Å². The fourth-order valence-electron chi connectivity index (χ4n) is 5.47. The Labute approximate surface area is 232 Å². The van der Waals surface area contributed by atoms with Gasteiger partial charge in [0.1, 0.15) is 17.4 Å². The Kier molecular flexibility index (Phi) is 6.97. The first-order valence-corrected chi connectivity index (χ1v) is 14.0. The summed E-state index contributed by atoms with van der Waals surface area (Å²) in [5.41, 5.74) is 2.32. The number of piperidine rings is 1. The highest BCUT2D eigenvalue weighted by Gasteiger charge is 2.44. The highest BCUT2D eigenvalue weighted by Crippen LogP contribution is 2.39. The van der Waals surface area contributed by atoms with E-state index in [1.54, 1.807) is 18.2 Å². The molecule has 3 aromatic carbocycles. The first kappa shape index (κ1) is 26.1. The SMILES string of the molecule is O=C(c1ccc(CSc2nc3ccc(Cl)cc3o2)cc1)N1C2CCC1CC(Oc1cccc(C(F)(F)F)c1)C2. The van der Waals surface area contributed by atoms with Gasteiger partial charge in [-0.1, -0.05) is 41.6 Å². The number of carbonyl (C=O) groups excluding carboxylic acids is 1. The topological polar surface area (TPSA) is 55.6 Å². The summed E-state index contributed by atoms with van der Waals surface area (Å²) >= 11 is 7.48. The van der Waals surface area contributed by atoms with Crippen molar-refractivity contribution in [3.63, 3.8) is 0 Å². The number of fused-ring (bicyclic) bond motifs is 3. The first-order chi connectivity index (χ1) is 18.7. The smallest absolute Gasteiger partial charge is 0.416 e. The van der Waals surface area contributed by atoms with E-state index in [9.17, 15) is 18.0 Å². The number of nitrogens with zero attached hydrogens (tertiary/aromatic N) is 2. The Morgan fingerprint density at radius 1 is 1.05 bits per heavy atom. The molecule has 3 heterocycles. The number of thioether (sulfide) groups is 1. The minimum Gasteiger partial charge on any atom is -0.490 e. The van der Waals surface area contributed by atoms with Gasteiger partial charge in [0.05, 0.1) is 5.56 Å². The molecule has 10 heteroatoms. The molecule has 5 nitrogen and oxygen atoms in total. The third-order valence-electron chi connectivity index (χ3n) is 7.28. The number of rotatable bonds is 6. The van der Waals surface area contributed by atoms with Crippen LogP contribution in [-0.2, 0) is 11.9 Å². The average Bonchev–Trinajstić information content (AvgIpc) is 3.44. The Morgan fingerprint density at radius 3 is 2.51 bits per heavy atom. The number of alkyl halides is 3. The summed E-state index contributed by atoms with van der Waals surface area (Å²) < 4.78 is 50.9. The number of oxazole rings is 1. The number of carbonyl (C=O) groups is 1. The van der Waals surface area contributed by atoms with Gasteiger partial charge in [0.15, 0.2) is 5.58 Å². The summed E-state index contributed by atoms with van der Waals surface area (Å²) in [7, 11) is 0. The number of hydrogen-bond donors (Lipinski definition) is 0. The first-order valence-electron chi connectivity index (χ1n) is 12.7. The molecular formula is C29H24ClF3N2O3S. The van der Waals surface area contributed by atoms with Gasteiger partial charge < -0.3 is 14.1 Å². The van der Waals surface area contributed by atoms with Crippen LogP contribution in [0.25, 0.3) is 11.1 Å². The molecule has 39 heavy (non-hydrogen) atoms. The molecule has 2 fully saturated rings. The summed E-state index contributed by atoms with van der Waals surface area (Å²) in [4.78, 5) is 19.8. The van der Waals surface area contributed by atoms with Gasteiger partial charge in [-0.3, -0.25) is 4.79 Å². The van der Waals surface area contributed by atoms with Crippen molar-refractivity contribution in [2.75, 3.05) is 0 Å². The highest BCUT2D eigenvalue weighted by atomic mass is 35.5. The third-order valence-corrected chi connectivity index (χ3v) is 8.42. The zero-order valence-corrected chi connectivity index (χ0v) is 22.2. The van der Waals surface area contributed by atoms with Crippen LogP contribution in [0.15, 0.2) is 76.4 Å². The lowest BCUT2D eigenvalue weighted by Gasteiger charge is -2.39. The van der Waals surface area contributed by atoms with E-state index in [2.05, 4.69) is 4.98 Å². The second-order valence-electron chi connectivity index (χ2n) is 9.91. The summed E-state index contributed by atoms with van der Waals surface area (Å²) in [5.74, 6) is 0.831. The second kappa shape index (κ2) is 10.4. The monoisotopic (exact) mass is 572 g/mol. The van der Waals surface area contributed by atoms with E-state index in [-0.39, 0.29) is 29.8 Å². The van der Waals surface area contributed by atoms with Crippen LogP contribution in [0.4, 0.5) is 13.2 Å². The summed E-state index contributed by atoms with van der Waals surface area (Å²) in [6.07, 6.45) is -1.71. The Balaban J connectivity index is 1.07. The predicted molar refractivity (Wildman–Crippen MR) is 143 cm³/mol. The highest BCUT2D eigenvalue weighted by molar-refractivity contribution is 7.98. The Hall–Kier alpha value is -3.17. The predicted octanol–water partition coefficient (Wildman–Crippen LogP) is 8.01. The quantitative estimate of drug-likeness (QED) is 0.219. The lowest BCUT2D eigenvalue weighted by molar-refractivity contribution is -0.137. The number of halogens is 4. The van der Waals surface area contributed by atoms with E-state index in [1.165, 1.54) is 17.8 Å². The van der Waals surface area contributed by atoms with Crippen molar-refractivity contribution >= 4 is 40.4 Å². The number of ether oxygens (including phenoxy) is 1. The van der Waals surface area contributed by atoms with Gasteiger partial charge in [0, 0.05) is 47.3 Å². The molecule has 202 valence electrons. The van der Waals surface area contributed by atoms with Crippen LogP contribution in [0.5, 0.6) is 5.75 Å². The molecule has 4 aromatic rings. The zero-order valence-electron chi connectivity index (χ0n) is 20.7. The fraction of sp³-hybridized carbons (Fsp3) is 0.310. The van der Waals surface area contributed by atoms with Crippen LogP contribution in [0, 0.1) is 0 Å². The normalized spacial score (nSPS) is 20.9. The number of benzene rings is 3. The van der Waals surface area contributed by atoms with Gasteiger partial charge in [0.25, 0.3) is 11.1 Å². The van der Waals surface area contributed by atoms with Crippen LogP contribution < -0.4 is 4.74 Å². The van der Waals surface area contributed by atoms with Gasteiger partial charge in [0.2, 0.25) is 0 Å². The van der Waals surface area contributed by atoms with Gasteiger partial charge >= 0.3 is 6.18 Å². The zero-order chi connectivity index (χ0) is 27.1. The lowest BCUT2D eigenvalue weighted by Crippen LogP contribution is -2.49. The van der Waals surface area contributed by atoms with E-state index in [0.29, 0.717) is 40.0 Å². The molecular weight excluding hydrogens is 549 g/mol. The van der Waals surface area contributed by atoms with Crippen molar-refractivity contribution in [1.29, 1.82) is 0 Å². The molecule has 2 aliphatic rings. The molecule has 1 amide bonds. The van der Waals surface area contributed by atoms with Gasteiger partial charge in [-0.25, -0.2) is 4.98 Å². The van der Waals surface area contributed by atoms with E-state index < -0.39 is 11.7 Å². The van der Waals surface area contributed by atoms with E-state index >= 15 is 0 Å². The molecule has 0 spiro atoms. The Morgan fingerprint density at radius 2 is 1.79 bits per heavy atom. The lowest BCUT2D eigenvalue weighted by atomic mass is 9.98. The standard InChI is InChI=1S/C29H24ClF3N2O3S/c30-20-8-11-25-26(13-20)38-28(34-25)39-16-17-4-6-18(7-5-17)27(36)35-21-9-10-22(35)15-24(14-21)37-23-3-1-2-19(12-23)29(31,32)33/h1-8,11-13,21-22,24H,9-10,14-16H2. The molecule has 0 saturated carbocycles. The van der Waals surface area contributed by atoms with E-state index in [0.717, 1.165) is 36.1 Å². The Bertz CT molecular complexity index is 1490. The summed E-state index contributed by atoms with van der Waals surface area (Å²) in [6, 6.07) is 17.9. The maximum absolute atomic E-state index is 13.4. The van der Waals surface area contributed by atoms with Gasteiger partial charge in [-0.2, -0.15) is 13.2 Å². The van der Waals surface area contributed by atoms with E-state index in [4.69, 9.17) is 20.8 Å². The molecule has 2 saturated heterocycles. The minimum absolute atomic E-state index is 0.00921. The summed E-state index contributed by atoms with van der Waals surface area (Å²) in [5, 5.41) is 1.15. The van der Waals surface area contributed by atoms with Crippen molar-refractivity contribution in [3.05, 3.63) is 88.4 Å². The molecule has 0 aliphatic carbocycles. The molecule has 2 unspecified atom stereocenters. The minimum atomic E-state index is -4.42. The largest absolute Gasteiger partial charge is 0.490 e. The van der Waals surface area contributed by atoms with Crippen LogP contribution in [0.1, 0.15) is 47.2 Å². The maximum atomic E-state index is 13.4. The van der Waals surface area contributed by atoms with Crippen LogP contribution >= 0.6 is 23.4 Å².